The summed E-state index contributed by atoms with van der Waals surface area (Å²) in [6, 6.07) is 6.31. The quantitative estimate of drug-likeness (QED) is 0.800. The van der Waals surface area contributed by atoms with Gasteiger partial charge in [-0.15, -0.1) is 0 Å². The van der Waals surface area contributed by atoms with Gasteiger partial charge in [0.15, 0.2) is 11.6 Å². The van der Waals surface area contributed by atoms with Gasteiger partial charge in [-0.25, -0.2) is 4.39 Å². The van der Waals surface area contributed by atoms with E-state index in [-0.39, 0.29) is 17.5 Å². The lowest BCUT2D eigenvalue weighted by molar-refractivity contribution is -0.131. The second-order valence-electron chi connectivity index (χ2n) is 5.45. The summed E-state index contributed by atoms with van der Waals surface area (Å²) in [5.41, 5.74) is 0. The van der Waals surface area contributed by atoms with Gasteiger partial charge in [-0.1, -0.05) is 25.0 Å². The van der Waals surface area contributed by atoms with Gasteiger partial charge in [0.25, 0.3) is 0 Å². The third kappa shape index (κ3) is 4.22. The number of benzene rings is 1. The molecule has 0 aromatic heterocycles. The number of amides is 1. The highest BCUT2D eigenvalue weighted by atomic mass is 19.1. The smallest absolute Gasteiger partial charge is 0.222 e. The fraction of sp³-hybridized carbons (Fsp3) is 0.562. The van der Waals surface area contributed by atoms with Gasteiger partial charge in [0.05, 0.1) is 6.54 Å². The third-order valence-corrected chi connectivity index (χ3v) is 3.88. The van der Waals surface area contributed by atoms with Crippen LogP contribution in [0.1, 0.15) is 32.1 Å². The van der Waals surface area contributed by atoms with Crippen molar-refractivity contribution in [2.45, 2.75) is 32.1 Å². The molecule has 0 unspecified atom stereocenters. The first-order valence-electron chi connectivity index (χ1n) is 7.28. The molecule has 1 aromatic rings. The number of hydrogen-bond donors (Lipinski definition) is 0. The second-order valence-corrected chi connectivity index (χ2v) is 5.45. The molecule has 0 heterocycles. The highest BCUT2D eigenvalue weighted by molar-refractivity contribution is 5.76. The molecule has 1 aliphatic carbocycles. The molecule has 1 fully saturated rings. The number of para-hydroxylation sites is 1. The molecule has 0 atom stereocenters. The van der Waals surface area contributed by atoms with E-state index in [1.807, 2.05) is 0 Å². The first kappa shape index (κ1) is 14.8. The van der Waals surface area contributed by atoms with Crippen LogP contribution in [0.5, 0.6) is 5.75 Å². The van der Waals surface area contributed by atoms with E-state index in [2.05, 4.69) is 0 Å². The minimum atomic E-state index is -0.368. The van der Waals surface area contributed by atoms with Gasteiger partial charge in [0.1, 0.15) is 6.61 Å². The molecule has 0 radical (unpaired) electrons. The number of likely N-dealkylation sites (N-methyl/N-ethyl adjacent to an activating group) is 1. The van der Waals surface area contributed by atoms with Gasteiger partial charge < -0.3 is 9.64 Å². The minimum Gasteiger partial charge on any atom is -0.489 e. The zero-order chi connectivity index (χ0) is 14.4. The molecule has 1 aliphatic rings. The Morgan fingerprint density at radius 1 is 1.35 bits per heavy atom. The lowest BCUT2D eigenvalue weighted by atomic mass is 10.0. The molecular weight excluding hydrogens is 257 g/mol. The van der Waals surface area contributed by atoms with Gasteiger partial charge in [0.2, 0.25) is 5.91 Å². The third-order valence-electron chi connectivity index (χ3n) is 3.88. The molecule has 1 saturated carbocycles. The van der Waals surface area contributed by atoms with Crippen LogP contribution in [0.15, 0.2) is 24.3 Å². The molecule has 0 N–H and O–H groups in total. The monoisotopic (exact) mass is 279 g/mol. The van der Waals surface area contributed by atoms with Crippen molar-refractivity contribution in [1.29, 1.82) is 0 Å². The first-order chi connectivity index (χ1) is 9.66. The molecule has 4 heteroatoms. The highest BCUT2D eigenvalue weighted by Gasteiger charge is 2.20. The van der Waals surface area contributed by atoms with Gasteiger partial charge in [-0.3, -0.25) is 4.79 Å². The number of nitrogens with zero attached hydrogens (tertiary/aromatic N) is 1. The Balaban J connectivity index is 1.70. The Labute approximate surface area is 119 Å². The topological polar surface area (TPSA) is 29.5 Å². The van der Waals surface area contributed by atoms with Gasteiger partial charge >= 0.3 is 0 Å². The molecule has 0 saturated heterocycles. The van der Waals surface area contributed by atoms with E-state index in [1.54, 1.807) is 30.1 Å². The van der Waals surface area contributed by atoms with Crippen LogP contribution in [-0.4, -0.2) is 31.0 Å². The van der Waals surface area contributed by atoms with E-state index in [1.165, 1.54) is 31.7 Å². The summed E-state index contributed by atoms with van der Waals surface area (Å²) >= 11 is 0. The number of halogens is 1. The van der Waals surface area contributed by atoms with Gasteiger partial charge in [-0.05, 0) is 30.9 Å². The van der Waals surface area contributed by atoms with Gasteiger partial charge in [-0.2, -0.15) is 0 Å². The molecular formula is C16H22FNO2. The molecule has 3 nitrogen and oxygen atoms in total. The molecule has 2 rings (SSSR count). The average Bonchev–Trinajstić information content (AvgIpc) is 2.93. The van der Waals surface area contributed by atoms with Crippen molar-refractivity contribution in [3.05, 3.63) is 30.1 Å². The molecule has 110 valence electrons. The van der Waals surface area contributed by atoms with Crippen LogP contribution in [0.4, 0.5) is 4.39 Å². The molecule has 0 bridgehead atoms. The maximum Gasteiger partial charge on any atom is 0.222 e. The van der Waals surface area contributed by atoms with E-state index >= 15 is 0 Å². The lowest BCUT2D eigenvalue weighted by Crippen LogP contribution is -2.31. The summed E-state index contributed by atoms with van der Waals surface area (Å²) in [7, 11) is 1.78. The summed E-state index contributed by atoms with van der Waals surface area (Å²) in [6.07, 6.45) is 5.48. The summed E-state index contributed by atoms with van der Waals surface area (Å²) in [6.45, 7) is 0.799. The normalized spacial score (nSPS) is 15.3. The summed E-state index contributed by atoms with van der Waals surface area (Å²) in [4.78, 5) is 13.7. The van der Waals surface area contributed by atoms with Crippen molar-refractivity contribution in [2.24, 2.45) is 5.92 Å². The largest absolute Gasteiger partial charge is 0.489 e. The molecule has 20 heavy (non-hydrogen) atoms. The summed E-state index contributed by atoms with van der Waals surface area (Å²) in [5, 5.41) is 0. The molecule has 0 aliphatic heterocycles. The standard InChI is InChI=1S/C16H22FNO2/c1-18(16(19)12-13-6-2-3-7-13)10-11-20-15-9-5-4-8-14(15)17/h4-5,8-9,13H,2-3,6-7,10-12H2,1H3. The number of carbonyl (C=O) groups excluding carboxylic acids is 1. The molecule has 1 aromatic carbocycles. The van der Waals surface area contributed by atoms with E-state index in [4.69, 9.17) is 4.74 Å². The Bertz CT molecular complexity index is 444. The first-order valence-corrected chi connectivity index (χ1v) is 7.28. The van der Waals surface area contributed by atoms with Crippen LogP contribution < -0.4 is 4.74 Å². The summed E-state index contributed by atoms with van der Waals surface area (Å²) in [5.74, 6) is 0.586. The maximum atomic E-state index is 13.3. The number of rotatable bonds is 6. The van der Waals surface area contributed by atoms with Crippen LogP contribution >= 0.6 is 0 Å². The lowest BCUT2D eigenvalue weighted by Gasteiger charge is -2.19. The fourth-order valence-electron chi connectivity index (χ4n) is 2.60. The van der Waals surface area contributed by atoms with Crippen molar-refractivity contribution >= 4 is 5.91 Å². The molecule has 1 amide bonds. The van der Waals surface area contributed by atoms with E-state index in [9.17, 15) is 9.18 Å². The molecule has 0 spiro atoms. The predicted octanol–water partition coefficient (Wildman–Crippen LogP) is 3.24. The zero-order valence-corrected chi connectivity index (χ0v) is 12.0. The van der Waals surface area contributed by atoms with Crippen molar-refractivity contribution in [2.75, 3.05) is 20.2 Å². The Morgan fingerprint density at radius 3 is 2.75 bits per heavy atom. The Hall–Kier alpha value is -1.58. The fourth-order valence-corrected chi connectivity index (χ4v) is 2.60. The SMILES string of the molecule is CN(CCOc1ccccc1F)C(=O)CC1CCCC1. The van der Waals surface area contributed by atoms with Crippen LogP contribution in [0.3, 0.4) is 0 Å². The maximum absolute atomic E-state index is 13.3. The zero-order valence-electron chi connectivity index (χ0n) is 12.0. The van der Waals surface area contributed by atoms with Crippen LogP contribution in [0, 0.1) is 11.7 Å². The number of hydrogen-bond acceptors (Lipinski definition) is 2. The van der Waals surface area contributed by atoms with E-state index < -0.39 is 0 Å². The predicted molar refractivity (Wildman–Crippen MR) is 76.1 cm³/mol. The van der Waals surface area contributed by atoms with Crippen molar-refractivity contribution in [3.8, 4) is 5.75 Å². The number of ether oxygens (including phenoxy) is 1. The Morgan fingerprint density at radius 2 is 2.05 bits per heavy atom. The average molecular weight is 279 g/mol. The van der Waals surface area contributed by atoms with Crippen LogP contribution in [-0.2, 0) is 4.79 Å². The van der Waals surface area contributed by atoms with Crippen LogP contribution in [0.2, 0.25) is 0 Å². The van der Waals surface area contributed by atoms with Gasteiger partial charge in [0, 0.05) is 13.5 Å². The Kier molecular flexibility index (Phi) is 5.39. The van der Waals surface area contributed by atoms with Crippen molar-refractivity contribution in [1.82, 2.24) is 4.90 Å². The summed E-state index contributed by atoms with van der Waals surface area (Å²) < 4.78 is 18.7. The van der Waals surface area contributed by atoms with E-state index in [0.29, 0.717) is 25.5 Å². The highest BCUT2D eigenvalue weighted by Crippen LogP contribution is 2.27. The number of carbonyl (C=O) groups is 1. The van der Waals surface area contributed by atoms with Crippen molar-refractivity contribution < 1.29 is 13.9 Å². The second kappa shape index (κ2) is 7.27. The van der Waals surface area contributed by atoms with Crippen LogP contribution in [0.25, 0.3) is 0 Å². The minimum absolute atomic E-state index is 0.161. The van der Waals surface area contributed by atoms with Crippen molar-refractivity contribution in [3.63, 3.8) is 0 Å². The van der Waals surface area contributed by atoms with E-state index in [0.717, 1.165) is 0 Å².